The molecule has 1 aliphatic heterocycles. The molecule has 2 aromatic rings. The van der Waals surface area contributed by atoms with Crippen molar-refractivity contribution in [3.63, 3.8) is 0 Å². The van der Waals surface area contributed by atoms with E-state index in [1.165, 1.54) is 17.0 Å². The zero-order valence-corrected chi connectivity index (χ0v) is 20.8. The summed E-state index contributed by atoms with van der Waals surface area (Å²) in [5, 5.41) is 3.34. The van der Waals surface area contributed by atoms with E-state index in [-0.39, 0.29) is 42.9 Å². The average Bonchev–Trinajstić information content (AvgIpc) is 3.69. The van der Waals surface area contributed by atoms with Crippen LogP contribution in [-0.2, 0) is 35.3 Å². The smallest absolute Gasteiger partial charge is 0.336 e. The first-order valence-corrected chi connectivity index (χ1v) is 12.4. The van der Waals surface area contributed by atoms with Gasteiger partial charge in [-0.3, -0.25) is 9.59 Å². The van der Waals surface area contributed by atoms with E-state index in [4.69, 9.17) is 0 Å². The third-order valence-electron chi connectivity index (χ3n) is 6.75. The van der Waals surface area contributed by atoms with Gasteiger partial charge in [0.2, 0.25) is 11.8 Å². The Morgan fingerprint density at radius 2 is 1.78 bits per heavy atom. The molecule has 1 N–H and O–H groups in total. The molecule has 0 radical (unpaired) electrons. The third-order valence-corrected chi connectivity index (χ3v) is 6.75. The molecule has 36 heavy (non-hydrogen) atoms. The van der Waals surface area contributed by atoms with Crippen molar-refractivity contribution in [1.82, 2.24) is 15.1 Å². The number of nitrogens with one attached hydrogen (secondary N) is 1. The molecule has 0 saturated heterocycles. The number of carbonyl (C=O) groups is 2. The fraction of sp³-hybridized carbons (Fsp3) is 0.481. The predicted octanol–water partition coefficient (Wildman–Crippen LogP) is 3.68. The number of rotatable bonds is 9. The van der Waals surface area contributed by atoms with Crippen LogP contribution in [0.5, 0.6) is 0 Å². The van der Waals surface area contributed by atoms with Crippen LogP contribution in [0.25, 0.3) is 0 Å². The van der Waals surface area contributed by atoms with E-state index in [1.807, 2.05) is 37.2 Å². The van der Waals surface area contributed by atoms with Gasteiger partial charge in [-0.2, -0.15) is 13.2 Å². The lowest BCUT2D eigenvalue weighted by molar-refractivity contribution is -0.139. The lowest BCUT2D eigenvalue weighted by Gasteiger charge is -2.31. The van der Waals surface area contributed by atoms with E-state index < -0.39 is 11.7 Å². The summed E-state index contributed by atoms with van der Waals surface area (Å²) in [6, 6.07) is 11.1. The van der Waals surface area contributed by atoms with Crippen molar-refractivity contribution in [2.45, 2.75) is 38.5 Å². The zero-order chi connectivity index (χ0) is 25.9. The molecule has 2 aliphatic rings. The molecule has 1 aliphatic carbocycles. The second-order valence-corrected chi connectivity index (χ2v) is 9.81. The highest BCUT2D eigenvalue weighted by Crippen LogP contribution is 2.36. The van der Waals surface area contributed by atoms with Gasteiger partial charge in [0.25, 0.3) is 0 Å². The van der Waals surface area contributed by atoms with Gasteiger partial charge in [0, 0.05) is 37.8 Å². The molecule has 0 atom stereocenters. The maximum absolute atomic E-state index is 13.6. The van der Waals surface area contributed by atoms with E-state index in [0.717, 1.165) is 43.0 Å². The van der Waals surface area contributed by atoms with Crippen molar-refractivity contribution in [3.05, 3.63) is 64.7 Å². The maximum atomic E-state index is 13.6. The molecule has 0 bridgehead atoms. The van der Waals surface area contributed by atoms with Crippen LogP contribution in [0.1, 0.15) is 35.1 Å². The molecule has 1 fully saturated rings. The molecule has 4 rings (SSSR count). The van der Waals surface area contributed by atoms with Crippen LogP contribution >= 0.6 is 0 Å². The highest BCUT2D eigenvalue weighted by Gasteiger charge is 2.37. The summed E-state index contributed by atoms with van der Waals surface area (Å²) < 4.78 is 40.9. The van der Waals surface area contributed by atoms with Crippen molar-refractivity contribution in [1.29, 1.82) is 0 Å². The largest absolute Gasteiger partial charge is 0.416 e. The van der Waals surface area contributed by atoms with Crippen molar-refractivity contribution < 1.29 is 22.8 Å². The SMILES string of the molecule is CN(C)CCN(Cc1ccccc1C(F)(F)F)C(=O)CN(C(=O)C1CC1)c1cccc2c1CNCC2. The molecule has 2 aromatic carbocycles. The van der Waals surface area contributed by atoms with Crippen LogP contribution in [0.15, 0.2) is 42.5 Å². The maximum Gasteiger partial charge on any atom is 0.416 e. The van der Waals surface area contributed by atoms with E-state index in [9.17, 15) is 22.8 Å². The fourth-order valence-electron chi connectivity index (χ4n) is 4.57. The van der Waals surface area contributed by atoms with Crippen LogP contribution in [0.3, 0.4) is 0 Å². The summed E-state index contributed by atoms with van der Waals surface area (Å²) >= 11 is 0. The Balaban J connectivity index is 1.63. The molecule has 0 unspecified atom stereocenters. The van der Waals surface area contributed by atoms with Gasteiger partial charge in [-0.1, -0.05) is 30.3 Å². The molecule has 0 aromatic heterocycles. The van der Waals surface area contributed by atoms with Gasteiger partial charge in [0.1, 0.15) is 6.54 Å². The predicted molar refractivity (Wildman–Crippen MR) is 132 cm³/mol. The topological polar surface area (TPSA) is 55.9 Å². The standard InChI is InChI=1S/C27H33F3N4O2/c1-32(2)14-15-33(17-21-6-3-4-8-23(21)27(28,29)30)25(35)18-34(26(36)20-10-11-20)24-9-5-7-19-12-13-31-16-22(19)24/h3-9,20,31H,10-18H2,1-2H3. The van der Waals surface area contributed by atoms with Crippen LogP contribution in [-0.4, -0.2) is 61.9 Å². The Bertz CT molecular complexity index is 1100. The Labute approximate surface area is 210 Å². The second-order valence-electron chi connectivity index (χ2n) is 9.81. The van der Waals surface area contributed by atoms with Crippen molar-refractivity contribution >= 4 is 17.5 Å². The van der Waals surface area contributed by atoms with E-state index in [1.54, 1.807) is 11.0 Å². The zero-order valence-electron chi connectivity index (χ0n) is 20.8. The average molecular weight is 503 g/mol. The monoisotopic (exact) mass is 502 g/mol. The number of fused-ring (bicyclic) bond motifs is 1. The lowest BCUT2D eigenvalue weighted by atomic mass is 9.98. The minimum absolute atomic E-state index is 0.0402. The Hall–Kier alpha value is -2.91. The summed E-state index contributed by atoms with van der Waals surface area (Å²) in [7, 11) is 3.69. The molecule has 0 spiro atoms. The van der Waals surface area contributed by atoms with Crippen molar-refractivity contribution in [2.24, 2.45) is 5.92 Å². The van der Waals surface area contributed by atoms with Gasteiger partial charge in [-0.05, 0) is 68.7 Å². The second kappa shape index (κ2) is 11.0. The molecule has 9 heteroatoms. The number of amides is 2. The van der Waals surface area contributed by atoms with Gasteiger partial charge in [-0.25, -0.2) is 0 Å². The number of alkyl halides is 3. The minimum Gasteiger partial charge on any atom is -0.336 e. The van der Waals surface area contributed by atoms with Crippen LogP contribution in [0, 0.1) is 5.92 Å². The number of benzene rings is 2. The van der Waals surface area contributed by atoms with Gasteiger partial charge >= 0.3 is 6.18 Å². The number of hydrogen-bond acceptors (Lipinski definition) is 4. The Kier molecular flexibility index (Phi) is 8.00. The van der Waals surface area contributed by atoms with E-state index in [0.29, 0.717) is 18.8 Å². The van der Waals surface area contributed by atoms with E-state index in [2.05, 4.69) is 5.32 Å². The lowest BCUT2D eigenvalue weighted by Crippen LogP contribution is -2.46. The summed E-state index contributed by atoms with van der Waals surface area (Å²) in [4.78, 5) is 31.8. The first kappa shape index (κ1) is 26.2. The third kappa shape index (κ3) is 6.25. The molecule has 2 amide bonds. The molecule has 1 heterocycles. The van der Waals surface area contributed by atoms with Gasteiger partial charge in [-0.15, -0.1) is 0 Å². The molecular weight excluding hydrogens is 469 g/mol. The van der Waals surface area contributed by atoms with Crippen molar-refractivity contribution in [2.75, 3.05) is 45.2 Å². The first-order valence-electron chi connectivity index (χ1n) is 12.4. The van der Waals surface area contributed by atoms with Crippen molar-refractivity contribution in [3.8, 4) is 0 Å². The van der Waals surface area contributed by atoms with Crippen LogP contribution in [0.4, 0.5) is 18.9 Å². The summed E-state index contributed by atoms with van der Waals surface area (Å²) in [5.74, 6) is -0.568. The summed E-state index contributed by atoms with van der Waals surface area (Å²) in [6.07, 6.45) is -2.09. The highest BCUT2D eigenvalue weighted by molar-refractivity contribution is 6.01. The molecule has 6 nitrogen and oxygen atoms in total. The summed E-state index contributed by atoms with van der Waals surface area (Å²) in [6.45, 7) is 1.81. The minimum atomic E-state index is -4.52. The van der Waals surface area contributed by atoms with Gasteiger partial charge < -0.3 is 20.0 Å². The van der Waals surface area contributed by atoms with Gasteiger partial charge in [0.15, 0.2) is 0 Å². The molecule has 1 saturated carbocycles. The molecular formula is C27H33F3N4O2. The summed E-state index contributed by atoms with van der Waals surface area (Å²) in [5.41, 5.74) is 2.16. The number of halogens is 3. The van der Waals surface area contributed by atoms with Gasteiger partial charge in [0.05, 0.1) is 5.56 Å². The number of likely N-dealkylation sites (N-methyl/N-ethyl adjacent to an activating group) is 1. The van der Waals surface area contributed by atoms with E-state index >= 15 is 0 Å². The number of carbonyl (C=O) groups excluding carboxylic acids is 2. The normalized spacial score (nSPS) is 15.5. The van der Waals surface area contributed by atoms with Crippen LogP contribution in [0.2, 0.25) is 0 Å². The number of hydrogen-bond donors (Lipinski definition) is 1. The quantitative estimate of drug-likeness (QED) is 0.569. The Morgan fingerprint density at radius 3 is 2.47 bits per heavy atom. The Morgan fingerprint density at radius 1 is 1.03 bits per heavy atom. The number of anilines is 1. The van der Waals surface area contributed by atoms with Crippen LogP contribution < -0.4 is 10.2 Å². The fourth-order valence-corrected chi connectivity index (χ4v) is 4.57. The molecule has 194 valence electrons. The number of nitrogens with zero attached hydrogens (tertiary/aromatic N) is 3. The highest BCUT2D eigenvalue weighted by atomic mass is 19.4. The first-order chi connectivity index (χ1) is 17.1.